The molecule has 3 heterocycles. The molecular weight excluding hydrogens is 430 g/mol. The fourth-order valence-corrected chi connectivity index (χ4v) is 5.77. The van der Waals surface area contributed by atoms with Gasteiger partial charge in [-0.15, -0.1) is 16.4 Å². The van der Waals surface area contributed by atoms with E-state index in [0.29, 0.717) is 33.2 Å². The second-order valence-corrected chi connectivity index (χ2v) is 10.4. The highest BCUT2D eigenvalue weighted by Gasteiger charge is 2.34. The molecule has 0 bridgehead atoms. The maximum absolute atomic E-state index is 12.6. The molecule has 1 aliphatic rings. The Balaban J connectivity index is 1.40. The summed E-state index contributed by atoms with van der Waals surface area (Å²) in [5.74, 6) is 1.71. The van der Waals surface area contributed by atoms with Crippen molar-refractivity contribution in [2.75, 3.05) is 11.1 Å². The number of aromatic amines is 1. The molecule has 0 radical (unpaired) electrons. The van der Waals surface area contributed by atoms with Crippen molar-refractivity contribution in [3.05, 3.63) is 34.4 Å². The summed E-state index contributed by atoms with van der Waals surface area (Å²) in [6.45, 7) is 6.88. The smallest absolute Gasteiger partial charge is 0.235 e. The Morgan fingerprint density at radius 1 is 1.52 bits per heavy atom. The molecular formula is C22H25N5O2S2. The Bertz CT molecular complexity index is 1110. The molecule has 0 fully saturated rings. The molecule has 9 heteroatoms. The summed E-state index contributed by atoms with van der Waals surface area (Å²) < 4.78 is 5.29. The van der Waals surface area contributed by atoms with E-state index in [4.69, 9.17) is 4.42 Å². The highest BCUT2D eigenvalue weighted by molar-refractivity contribution is 7.99. The first-order valence-electron chi connectivity index (χ1n) is 10.3. The van der Waals surface area contributed by atoms with E-state index < -0.39 is 0 Å². The van der Waals surface area contributed by atoms with Gasteiger partial charge in [-0.2, -0.15) is 10.2 Å². The second-order valence-electron chi connectivity index (χ2n) is 8.38. The fourth-order valence-electron chi connectivity index (χ4n) is 3.88. The van der Waals surface area contributed by atoms with Gasteiger partial charge in [0.05, 0.1) is 17.6 Å². The zero-order valence-corrected chi connectivity index (χ0v) is 19.5. The molecule has 0 unspecified atom stereocenters. The lowest BCUT2D eigenvalue weighted by atomic mass is 9.69. The fraction of sp³-hybridized carbons (Fsp3) is 0.455. The van der Waals surface area contributed by atoms with Gasteiger partial charge in [-0.05, 0) is 48.3 Å². The van der Waals surface area contributed by atoms with Gasteiger partial charge in [0.25, 0.3) is 0 Å². The van der Waals surface area contributed by atoms with Crippen LogP contribution in [0.15, 0.2) is 28.0 Å². The van der Waals surface area contributed by atoms with Crippen molar-refractivity contribution in [2.45, 2.75) is 51.6 Å². The van der Waals surface area contributed by atoms with E-state index in [9.17, 15) is 10.1 Å². The third kappa shape index (κ3) is 4.55. The standard InChI is InChI=1S/C22H25N5O2S2/c1-4-22(2,3)13-7-8-14-15(11-23)20(31-17(14)10-13)24-18(28)12-30-21-25-19(26-27-21)16-6-5-9-29-16/h5-6,9,13H,4,7-8,10,12H2,1-3H3,(H,24,28)(H,25,26,27)/t13-/m1/s1. The van der Waals surface area contributed by atoms with Crippen LogP contribution in [0.2, 0.25) is 0 Å². The van der Waals surface area contributed by atoms with Gasteiger partial charge in [0.2, 0.25) is 11.1 Å². The average molecular weight is 456 g/mol. The molecule has 0 spiro atoms. The largest absolute Gasteiger partial charge is 0.461 e. The van der Waals surface area contributed by atoms with Crippen molar-refractivity contribution >= 4 is 34.0 Å². The predicted molar refractivity (Wildman–Crippen MR) is 122 cm³/mol. The number of carbonyl (C=O) groups excluding carboxylic acids is 1. The molecule has 0 saturated heterocycles. The summed E-state index contributed by atoms with van der Waals surface area (Å²) in [4.78, 5) is 18.1. The summed E-state index contributed by atoms with van der Waals surface area (Å²) in [5, 5.41) is 20.7. The lowest BCUT2D eigenvalue weighted by Crippen LogP contribution is -2.28. The van der Waals surface area contributed by atoms with Crippen molar-refractivity contribution in [2.24, 2.45) is 11.3 Å². The van der Waals surface area contributed by atoms with Gasteiger partial charge in [-0.25, -0.2) is 0 Å². The number of aromatic nitrogens is 3. The topological polar surface area (TPSA) is 108 Å². The van der Waals surface area contributed by atoms with Gasteiger partial charge < -0.3 is 9.73 Å². The molecule has 1 atom stereocenters. The van der Waals surface area contributed by atoms with E-state index in [1.165, 1.54) is 16.6 Å². The minimum atomic E-state index is -0.171. The molecule has 31 heavy (non-hydrogen) atoms. The summed E-state index contributed by atoms with van der Waals surface area (Å²) in [6.07, 6.45) is 5.67. The molecule has 0 aromatic carbocycles. The molecule has 1 amide bonds. The summed E-state index contributed by atoms with van der Waals surface area (Å²) >= 11 is 2.79. The van der Waals surface area contributed by atoms with Crippen molar-refractivity contribution in [1.29, 1.82) is 5.26 Å². The predicted octanol–water partition coefficient (Wildman–Crippen LogP) is 5.27. The molecule has 162 valence electrons. The zero-order chi connectivity index (χ0) is 22.0. The van der Waals surface area contributed by atoms with Crippen molar-refractivity contribution in [3.8, 4) is 17.7 Å². The van der Waals surface area contributed by atoms with Crippen molar-refractivity contribution < 1.29 is 9.21 Å². The van der Waals surface area contributed by atoms with E-state index >= 15 is 0 Å². The van der Waals surface area contributed by atoms with E-state index in [0.717, 1.165) is 31.2 Å². The highest BCUT2D eigenvalue weighted by atomic mass is 32.2. The number of anilines is 1. The molecule has 0 saturated carbocycles. The number of H-pyrrole nitrogens is 1. The number of rotatable bonds is 7. The van der Waals surface area contributed by atoms with Crippen LogP contribution in [0.4, 0.5) is 5.00 Å². The third-order valence-electron chi connectivity index (χ3n) is 6.20. The molecule has 1 aliphatic carbocycles. The number of furan rings is 1. The van der Waals surface area contributed by atoms with Crippen LogP contribution in [-0.2, 0) is 17.6 Å². The maximum Gasteiger partial charge on any atom is 0.235 e. The number of nitrogens with zero attached hydrogens (tertiary/aromatic N) is 3. The number of fused-ring (bicyclic) bond motifs is 1. The second kappa shape index (κ2) is 8.89. The number of thioether (sulfide) groups is 1. The van der Waals surface area contributed by atoms with E-state index in [1.54, 1.807) is 29.7 Å². The minimum absolute atomic E-state index is 0.161. The van der Waals surface area contributed by atoms with Crippen LogP contribution in [0.3, 0.4) is 0 Å². The van der Waals surface area contributed by atoms with Crippen LogP contribution >= 0.6 is 23.1 Å². The Morgan fingerprint density at radius 3 is 3.06 bits per heavy atom. The Labute approximate surface area is 189 Å². The van der Waals surface area contributed by atoms with E-state index in [1.807, 2.05) is 0 Å². The highest BCUT2D eigenvalue weighted by Crippen LogP contribution is 2.45. The van der Waals surface area contributed by atoms with Crippen LogP contribution in [0.25, 0.3) is 11.6 Å². The first kappa shape index (κ1) is 21.7. The Morgan fingerprint density at radius 2 is 2.35 bits per heavy atom. The molecule has 2 N–H and O–H groups in total. The van der Waals surface area contributed by atoms with Gasteiger partial charge >= 0.3 is 0 Å². The first-order valence-corrected chi connectivity index (χ1v) is 12.1. The minimum Gasteiger partial charge on any atom is -0.461 e. The lowest BCUT2D eigenvalue weighted by molar-refractivity contribution is -0.113. The van der Waals surface area contributed by atoms with Gasteiger partial charge in [-0.3, -0.25) is 9.89 Å². The third-order valence-corrected chi connectivity index (χ3v) is 8.22. The summed E-state index contributed by atoms with van der Waals surface area (Å²) in [7, 11) is 0. The molecule has 0 aliphatic heterocycles. The van der Waals surface area contributed by atoms with E-state index in [2.05, 4.69) is 47.3 Å². The quantitative estimate of drug-likeness (QED) is 0.470. The van der Waals surface area contributed by atoms with E-state index in [-0.39, 0.29) is 17.1 Å². The van der Waals surface area contributed by atoms with Crippen molar-refractivity contribution in [1.82, 2.24) is 15.2 Å². The number of carbonyl (C=O) groups is 1. The molecule has 4 rings (SSSR count). The number of thiophene rings is 1. The SMILES string of the molecule is CCC(C)(C)[C@@H]1CCc2c(sc(NC(=O)CSc3n[nH]c(-c4ccco4)n3)c2C#N)C1. The summed E-state index contributed by atoms with van der Waals surface area (Å²) in [6, 6.07) is 5.88. The molecule has 3 aromatic rings. The summed E-state index contributed by atoms with van der Waals surface area (Å²) in [5.41, 5.74) is 2.03. The normalized spacial score (nSPS) is 16.0. The number of hydrogen-bond donors (Lipinski definition) is 2. The number of hydrogen-bond acceptors (Lipinski definition) is 7. The molecule has 3 aromatic heterocycles. The van der Waals surface area contributed by atoms with Crippen LogP contribution in [0.5, 0.6) is 0 Å². The Kier molecular flexibility index (Phi) is 6.21. The maximum atomic E-state index is 12.6. The lowest BCUT2D eigenvalue weighted by Gasteiger charge is -2.36. The number of nitrogens with one attached hydrogen (secondary N) is 2. The van der Waals surface area contributed by atoms with Gasteiger partial charge in [0, 0.05) is 4.88 Å². The van der Waals surface area contributed by atoms with Crippen LogP contribution in [0, 0.1) is 22.7 Å². The van der Waals surface area contributed by atoms with Crippen LogP contribution < -0.4 is 5.32 Å². The van der Waals surface area contributed by atoms with Crippen molar-refractivity contribution in [3.63, 3.8) is 0 Å². The van der Waals surface area contributed by atoms with Crippen LogP contribution in [-0.4, -0.2) is 26.8 Å². The number of nitriles is 1. The Hall–Kier alpha value is -2.57. The number of amides is 1. The monoisotopic (exact) mass is 455 g/mol. The first-order chi connectivity index (χ1) is 14.9. The molecule has 7 nitrogen and oxygen atoms in total. The van der Waals surface area contributed by atoms with Gasteiger partial charge in [0.15, 0.2) is 11.6 Å². The van der Waals surface area contributed by atoms with Crippen LogP contribution in [0.1, 0.15) is 49.6 Å². The zero-order valence-electron chi connectivity index (χ0n) is 17.8. The average Bonchev–Trinajstić information content (AvgIpc) is 3.50. The van der Waals surface area contributed by atoms with Gasteiger partial charge in [-0.1, -0.05) is 39.0 Å². The van der Waals surface area contributed by atoms with Gasteiger partial charge in [0.1, 0.15) is 11.1 Å².